The lowest BCUT2D eigenvalue weighted by Crippen LogP contribution is -2.32. The number of hydrogen-bond donors (Lipinski definition) is 1. The molecule has 0 saturated heterocycles. The minimum atomic E-state index is -0.272. The molecule has 7 heteroatoms. The van der Waals surface area contributed by atoms with Crippen molar-refractivity contribution in [2.75, 3.05) is 36.6 Å². The van der Waals surface area contributed by atoms with Gasteiger partial charge in [-0.25, -0.2) is 0 Å². The van der Waals surface area contributed by atoms with E-state index in [1.165, 1.54) is 0 Å². The van der Waals surface area contributed by atoms with Gasteiger partial charge in [0.1, 0.15) is 0 Å². The third kappa shape index (κ3) is 3.87. The van der Waals surface area contributed by atoms with Crippen molar-refractivity contribution in [1.82, 2.24) is 0 Å². The molecular weight excluding hydrogens is 408 g/mol. The van der Waals surface area contributed by atoms with E-state index in [1.54, 1.807) is 12.1 Å². The van der Waals surface area contributed by atoms with E-state index >= 15 is 0 Å². The molecule has 0 saturated carbocycles. The highest BCUT2D eigenvalue weighted by Crippen LogP contribution is 2.44. The van der Waals surface area contributed by atoms with Crippen molar-refractivity contribution in [3.8, 4) is 17.2 Å². The van der Waals surface area contributed by atoms with Crippen LogP contribution in [0.3, 0.4) is 0 Å². The standard InChI is InChI=1S/C25H30N2O5/c1-5-30-20-12-17(13-21(31-6-2)23(20)32-7-3)24(28)26-18-11-16-9-8-10-27-22(16)19(14-18)15(4)25(27)29/h11-15H,5-10H2,1-4H3,(H,26,28)/t15-/m1/s1. The van der Waals surface area contributed by atoms with Crippen molar-refractivity contribution < 1.29 is 23.8 Å². The van der Waals surface area contributed by atoms with Gasteiger partial charge in [0.15, 0.2) is 11.5 Å². The summed E-state index contributed by atoms with van der Waals surface area (Å²) < 4.78 is 17.2. The Labute approximate surface area is 188 Å². The number of carbonyl (C=O) groups excluding carboxylic acids is 2. The predicted octanol–water partition coefficient (Wildman–Crippen LogP) is 4.53. The molecule has 1 N–H and O–H groups in total. The Morgan fingerprint density at radius 3 is 2.31 bits per heavy atom. The van der Waals surface area contributed by atoms with E-state index in [2.05, 4.69) is 5.32 Å². The van der Waals surface area contributed by atoms with E-state index in [-0.39, 0.29) is 17.7 Å². The maximum Gasteiger partial charge on any atom is 0.255 e. The van der Waals surface area contributed by atoms with Crippen molar-refractivity contribution >= 4 is 23.2 Å². The van der Waals surface area contributed by atoms with Crippen LogP contribution in [0.4, 0.5) is 11.4 Å². The summed E-state index contributed by atoms with van der Waals surface area (Å²) in [5.74, 6) is 1.12. The highest BCUT2D eigenvalue weighted by atomic mass is 16.5. The molecule has 2 aliphatic heterocycles. The second-order valence-electron chi connectivity index (χ2n) is 7.94. The first kappa shape index (κ1) is 22.0. The number of anilines is 2. The van der Waals surface area contributed by atoms with E-state index in [0.29, 0.717) is 48.3 Å². The van der Waals surface area contributed by atoms with Crippen LogP contribution in [-0.4, -0.2) is 38.2 Å². The van der Waals surface area contributed by atoms with Crippen molar-refractivity contribution in [2.45, 2.75) is 46.5 Å². The van der Waals surface area contributed by atoms with Crippen molar-refractivity contribution in [3.05, 3.63) is 41.0 Å². The van der Waals surface area contributed by atoms with Crippen LogP contribution in [0.5, 0.6) is 17.2 Å². The van der Waals surface area contributed by atoms with Gasteiger partial charge < -0.3 is 24.4 Å². The lowest BCUT2D eigenvalue weighted by Gasteiger charge is -2.26. The van der Waals surface area contributed by atoms with Gasteiger partial charge in [0.25, 0.3) is 5.91 Å². The summed E-state index contributed by atoms with van der Waals surface area (Å²) in [5.41, 5.74) is 4.24. The van der Waals surface area contributed by atoms with Crippen LogP contribution in [0.2, 0.25) is 0 Å². The molecule has 0 spiro atoms. The Balaban J connectivity index is 1.67. The Bertz CT molecular complexity index is 1020. The van der Waals surface area contributed by atoms with Gasteiger partial charge in [-0.15, -0.1) is 0 Å². The number of amides is 2. The van der Waals surface area contributed by atoms with E-state index < -0.39 is 0 Å². The van der Waals surface area contributed by atoms with Crippen molar-refractivity contribution in [3.63, 3.8) is 0 Å². The number of nitrogens with one attached hydrogen (secondary N) is 1. The van der Waals surface area contributed by atoms with Crippen LogP contribution in [0.15, 0.2) is 24.3 Å². The molecule has 0 radical (unpaired) electrons. The maximum absolute atomic E-state index is 13.2. The third-order valence-corrected chi connectivity index (χ3v) is 5.85. The zero-order valence-corrected chi connectivity index (χ0v) is 19.1. The quantitative estimate of drug-likeness (QED) is 0.655. The van der Waals surface area contributed by atoms with Gasteiger partial charge in [0.2, 0.25) is 11.7 Å². The van der Waals surface area contributed by atoms with E-state index in [9.17, 15) is 9.59 Å². The van der Waals surface area contributed by atoms with E-state index in [4.69, 9.17) is 14.2 Å². The zero-order valence-electron chi connectivity index (χ0n) is 19.1. The highest BCUT2D eigenvalue weighted by molar-refractivity contribution is 6.08. The molecule has 0 fully saturated rings. The van der Waals surface area contributed by atoms with Crippen LogP contribution in [-0.2, 0) is 11.2 Å². The second-order valence-corrected chi connectivity index (χ2v) is 7.94. The average molecular weight is 439 g/mol. The number of ether oxygens (including phenoxy) is 3. The zero-order chi connectivity index (χ0) is 22.8. The van der Waals surface area contributed by atoms with Crippen LogP contribution < -0.4 is 24.4 Å². The summed E-state index contributed by atoms with van der Waals surface area (Å²) in [7, 11) is 0. The van der Waals surface area contributed by atoms with Crippen LogP contribution in [0.25, 0.3) is 0 Å². The lowest BCUT2D eigenvalue weighted by molar-refractivity contribution is -0.119. The molecule has 4 rings (SSSR count). The Morgan fingerprint density at radius 1 is 1.03 bits per heavy atom. The molecule has 0 aromatic heterocycles. The molecule has 2 aliphatic rings. The average Bonchev–Trinajstić information content (AvgIpc) is 3.02. The minimum Gasteiger partial charge on any atom is -0.490 e. The normalized spacial score (nSPS) is 16.6. The molecule has 2 aromatic rings. The summed E-state index contributed by atoms with van der Waals surface area (Å²) in [6, 6.07) is 7.26. The van der Waals surface area contributed by atoms with E-state index in [0.717, 1.165) is 36.2 Å². The van der Waals surface area contributed by atoms with Gasteiger partial charge in [0, 0.05) is 17.8 Å². The highest BCUT2D eigenvalue weighted by Gasteiger charge is 2.38. The van der Waals surface area contributed by atoms with Gasteiger partial charge >= 0.3 is 0 Å². The molecule has 2 heterocycles. The third-order valence-electron chi connectivity index (χ3n) is 5.85. The molecule has 2 aromatic carbocycles. The fourth-order valence-electron chi connectivity index (χ4n) is 4.49. The smallest absolute Gasteiger partial charge is 0.255 e. The summed E-state index contributed by atoms with van der Waals surface area (Å²) >= 11 is 0. The predicted molar refractivity (Wildman–Crippen MR) is 123 cm³/mol. The number of nitrogens with zero attached hydrogens (tertiary/aromatic N) is 1. The first-order valence-corrected chi connectivity index (χ1v) is 11.3. The molecule has 32 heavy (non-hydrogen) atoms. The summed E-state index contributed by atoms with van der Waals surface area (Å²) in [6.07, 6.45) is 1.82. The summed E-state index contributed by atoms with van der Waals surface area (Å²) in [4.78, 5) is 27.7. The first-order chi connectivity index (χ1) is 15.5. The maximum atomic E-state index is 13.2. The van der Waals surface area contributed by atoms with Gasteiger partial charge in [-0.2, -0.15) is 0 Å². The Hall–Kier alpha value is -3.22. The topological polar surface area (TPSA) is 77.1 Å². The lowest BCUT2D eigenvalue weighted by atomic mass is 9.96. The van der Waals surface area contributed by atoms with Crippen molar-refractivity contribution in [1.29, 1.82) is 0 Å². The largest absolute Gasteiger partial charge is 0.490 e. The van der Waals surface area contributed by atoms with Gasteiger partial charge in [-0.3, -0.25) is 9.59 Å². The molecule has 0 unspecified atom stereocenters. The molecule has 1 atom stereocenters. The fourth-order valence-corrected chi connectivity index (χ4v) is 4.49. The van der Waals surface area contributed by atoms with Crippen LogP contribution >= 0.6 is 0 Å². The first-order valence-electron chi connectivity index (χ1n) is 11.3. The summed E-state index contributed by atoms with van der Waals surface area (Å²) in [5, 5.41) is 3.01. The molecular formula is C25H30N2O5. The number of carbonyl (C=O) groups is 2. The molecule has 7 nitrogen and oxygen atoms in total. The molecule has 0 bridgehead atoms. The molecule has 2 amide bonds. The fraction of sp³-hybridized carbons (Fsp3) is 0.440. The Kier molecular flexibility index (Phi) is 6.26. The van der Waals surface area contributed by atoms with Crippen LogP contribution in [0, 0.1) is 0 Å². The number of rotatable bonds is 8. The second kappa shape index (κ2) is 9.10. The molecule has 0 aliphatic carbocycles. The number of hydrogen-bond acceptors (Lipinski definition) is 5. The molecule has 170 valence electrons. The van der Waals surface area contributed by atoms with Gasteiger partial charge in [-0.05, 0) is 75.9 Å². The van der Waals surface area contributed by atoms with Gasteiger partial charge in [0.05, 0.1) is 31.4 Å². The Morgan fingerprint density at radius 2 is 1.69 bits per heavy atom. The summed E-state index contributed by atoms with van der Waals surface area (Å²) in [6.45, 7) is 9.67. The SMILES string of the molecule is CCOc1cc(C(=O)Nc2cc3c4c(c2)[C@@H](C)C(=O)N4CCC3)cc(OCC)c1OCC. The van der Waals surface area contributed by atoms with Gasteiger partial charge in [-0.1, -0.05) is 0 Å². The minimum absolute atomic E-state index is 0.138. The number of aryl methyl sites for hydroxylation is 1. The number of benzene rings is 2. The van der Waals surface area contributed by atoms with Crippen LogP contribution in [0.1, 0.15) is 61.5 Å². The van der Waals surface area contributed by atoms with E-state index in [1.807, 2.05) is 44.7 Å². The monoisotopic (exact) mass is 438 g/mol. The van der Waals surface area contributed by atoms with Crippen molar-refractivity contribution in [2.24, 2.45) is 0 Å².